The number of ether oxygens (including phenoxy) is 1. The monoisotopic (exact) mass is 356 g/mol. The van der Waals surface area contributed by atoms with Crippen LogP contribution in [0.1, 0.15) is 57.8 Å². The average molecular weight is 356 g/mol. The van der Waals surface area contributed by atoms with E-state index in [9.17, 15) is 0 Å². The fraction of sp³-hybridized carbons (Fsp3) is 0.650. The highest BCUT2D eigenvalue weighted by atomic mass is 16.5. The summed E-state index contributed by atoms with van der Waals surface area (Å²) in [5, 5.41) is 4.19. The first-order chi connectivity index (χ1) is 12.8. The molecule has 1 saturated carbocycles. The second kappa shape index (κ2) is 8.16. The van der Waals surface area contributed by atoms with E-state index >= 15 is 0 Å². The molecule has 0 radical (unpaired) electrons. The summed E-state index contributed by atoms with van der Waals surface area (Å²) >= 11 is 0. The zero-order chi connectivity index (χ0) is 17.8. The van der Waals surface area contributed by atoms with Gasteiger partial charge in [-0.2, -0.15) is 4.98 Å². The van der Waals surface area contributed by atoms with Crippen LogP contribution < -0.4 is 4.74 Å². The van der Waals surface area contributed by atoms with Gasteiger partial charge in [-0.1, -0.05) is 18.5 Å². The van der Waals surface area contributed by atoms with Crippen LogP contribution in [0.3, 0.4) is 0 Å². The normalized spacial score (nSPS) is 20.3. The lowest BCUT2D eigenvalue weighted by atomic mass is 9.98. The van der Waals surface area contributed by atoms with E-state index < -0.39 is 0 Å². The van der Waals surface area contributed by atoms with Crippen LogP contribution in [0.15, 0.2) is 22.9 Å². The molecule has 26 heavy (non-hydrogen) atoms. The molecule has 4 rings (SSSR count). The van der Waals surface area contributed by atoms with Crippen LogP contribution in [0.5, 0.6) is 5.88 Å². The average Bonchev–Trinajstić information content (AvgIpc) is 3.13. The molecule has 0 unspecified atom stereocenters. The molecule has 2 fully saturated rings. The molecule has 0 aromatic carbocycles. The third-order valence-electron chi connectivity index (χ3n) is 5.55. The highest BCUT2D eigenvalue weighted by Gasteiger charge is 2.22. The summed E-state index contributed by atoms with van der Waals surface area (Å²) in [6, 6.07) is 3.85. The molecule has 0 amide bonds. The van der Waals surface area contributed by atoms with Crippen molar-refractivity contribution < 1.29 is 9.26 Å². The van der Waals surface area contributed by atoms with E-state index in [0.29, 0.717) is 17.6 Å². The minimum absolute atomic E-state index is 0.249. The predicted octanol–water partition coefficient (Wildman–Crippen LogP) is 4.08. The Hall–Kier alpha value is -1.95. The van der Waals surface area contributed by atoms with Gasteiger partial charge in [0.05, 0.1) is 12.1 Å². The quantitative estimate of drug-likeness (QED) is 0.804. The molecular formula is C20H28N4O2. The fourth-order valence-electron chi connectivity index (χ4n) is 3.84. The molecule has 0 spiro atoms. The van der Waals surface area contributed by atoms with Gasteiger partial charge < -0.3 is 9.26 Å². The molecule has 3 heterocycles. The molecule has 0 bridgehead atoms. The van der Waals surface area contributed by atoms with E-state index in [1.165, 1.54) is 32.1 Å². The molecule has 1 aliphatic heterocycles. The van der Waals surface area contributed by atoms with Crippen LogP contribution in [-0.4, -0.2) is 39.2 Å². The van der Waals surface area contributed by atoms with Crippen molar-refractivity contribution in [1.82, 2.24) is 20.0 Å². The van der Waals surface area contributed by atoms with Gasteiger partial charge in [-0.15, -0.1) is 0 Å². The number of hydrogen-bond acceptors (Lipinski definition) is 6. The van der Waals surface area contributed by atoms with Crippen LogP contribution in [0.4, 0.5) is 0 Å². The Bertz CT molecular complexity index is 703. The lowest BCUT2D eigenvalue weighted by Gasteiger charge is -2.28. The number of rotatable bonds is 5. The summed E-state index contributed by atoms with van der Waals surface area (Å²) in [6.07, 6.45) is 10.4. The molecule has 6 nitrogen and oxygen atoms in total. The van der Waals surface area contributed by atoms with Crippen molar-refractivity contribution in [2.24, 2.45) is 5.92 Å². The summed E-state index contributed by atoms with van der Waals surface area (Å²) in [5.74, 6) is 2.68. The summed E-state index contributed by atoms with van der Waals surface area (Å²) < 4.78 is 11.7. The molecule has 6 heteroatoms. The van der Waals surface area contributed by atoms with Gasteiger partial charge in [0, 0.05) is 6.20 Å². The summed E-state index contributed by atoms with van der Waals surface area (Å²) in [7, 11) is 0. The Labute approximate surface area is 154 Å². The number of pyridine rings is 1. The zero-order valence-electron chi connectivity index (χ0n) is 15.6. The van der Waals surface area contributed by atoms with E-state index in [1.54, 1.807) is 6.20 Å². The molecule has 2 aromatic heterocycles. The zero-order valence-corrected chi connectivity index (χ0v) is 15.6. The Kier molecular flexibility index (Phi) is 5.48. The fourth-order valence-corrected chi connectivity index (χ4v) is 3.84. The van der Waals surface area contributed by atoms with Gasteiger partial charge in [-0.05, 0) is 69.7 Å². The Morgan fingerprint density at radius 3 is 2.77 bits per heavy atom. The van der Waals surface area contributed by atoms with Crippen LogP contribution in [0.2, 0.25) is 0 Å². The van der Waals surface area contributed by atoms with Crippen molar-refractivity contribution in [2.45, 2.75) is 64.5 Å². The van der Waals surface area contributed by atoms with Crippen molar-refractivity contribution >= 4 is 0 Å². The maximum Gasteiger partial charge on any atom is 0.241 e. The van der Waals surface area contributed by atoms with E-state index in [-0.39, 0.29) is 6.10 Å². The SMILES string of the molecule is CC1CCN(Cc2nc(-c3cccnc3OC3CCCCC3)no2)CC1. The molecule has 1 saturated heterocycles. The van der Waals surface area contributed by atoms with Crippen LogP contribution in [-0.2, 0) is 6.54 Å². The first-order valence-corrected chi connectivity index (χ1v) is 9.95. The molecule has 1 aliphatic carbocycles. The van der Waals surface area contributed by atoms with Gasteiger partial charge in [0.25, 0.3) is 0 Å². The van der Waals surface area contributed by atoms with Crippen LogP contribution >= 0.6 is 0 Å². The van der Waals surface area contributed by atoms with E-state index in [0.717, 1.165) is 44.0 Å². The third-order valence-corrected chi connectivity index (χ3v) is 5.55. The van der Waals surface area contributed by atoms with Crippen molar-refractivity contribution in [3.05, 3.63) is 24.2 Å². The topological polar surface area (TPSA) is 64.3 Å². The first-order valence-electron chi connectivity index (χ1n) is 9.95. The maximum absolute atomic E-state index is 6.17. The number of hydrogen-bond donors (Lipinski definition) is 0. The number of likely N-dealkylation sites (tertiary alicyclic amines) is 1. The van der Waals surface area contributed by atoms with Gasteiger partial charge in [0.15, 0.2) is 0 Å². The van der Waals surface area contributed by atoms with E-state index in [1.807, 2.05) is 12.1 Å². The molecule has 2 aliphatic rings. The lowest BCUT2D eigenvalue weighted by Crippen LogP contribution is -2.32. The summed E-state index contributed by atoms with van der Waals surface area (Å²) in [5.41, 5.74) is 0.820. The van der Waals surface area contributed by atoms with E-state index in [2.05, 4.69) is 26.9 Å². The molecule has 2 aromatic rings. The first kappa shape index (κ1) is 17.5. The van der Waals surface area contributed by atoms with E-state index in [4.69, 9.17) is 9.26 Å². The predicted molar refractivity (Wildman–Crippen MR) is 98.7 cm³/mol. The number of aromatic nitrogens is 3. The second-order valence-corrected chi connectivity index (χ2v) is 7.70. The summed E-state index contributed by atoms with van der Waals surface area (Å²) in [4.78, 5) is 11.4. The van der Waals surface area contributed by atoms with Crippen LogP contribution in [0.25, 0.3) is 11.4 Å². The second-order valence-electron chi connectivity index (χ2n) is 7.70. The molecular weight excluding hydrogens is 328 g/mol. The number of nitrogens with zero attached hydrogens (tertiary/aromatic N) is 4. The van der Waals surface area contributed by atoms with Gasteiger partial charge in [0.2, 0.25) is 17.6 Å². The maximum atomic E-state index is 6.17. The molecule has 0 N–H and O–H groups in total. The van der Waals surface area contributed by atoms with Crippen molar-refractivity contribution in [3.63, 3.8) is 0 Å². The summed E-state index contributed by atoms with van der Waals surface area (Å²) in [6.45, 7) is 5.24. The molecule has 0 atom stereocenters. The highest BCUT2D eigenvalue weighted by Crippen LogP contribution is 2.29. The van der Waals surface area contributed by atoms with Crippen LogP contribution in [0, 0.1) is 5.92 Å². The largest absolute Gasteiger partial charge is 0.474 e. The smallest absolute Gasteiger partial charge is 0.241 e. The van der Waals surface area contributed by atoms with Gasteiger partial charge in [-0.25, -0.2) is 4.98 Å². The number of piperidine rings is 1. The van der Waals surface area contributed by atoms with Gasteiger partial charge in [0.1, 0.15) is 6.10 Å². The minimum Gasteiger partial charge on any atom is -0.474 e. The Morgan fingerprint density at radius 1 is 1.15 bits per heavy atom. The minimum atomic E-state index is 0.249. The lowest BCUT2D eigenvalue weighted by molar-refractivity contribution is 0.149. The third kappa shape index (κ3) is 4.23. The van der Waals surface area contributed by atoms with Crippen molar-refractivity contribution in [1.29, 1.82) is 0 Å². The highest BCUT2D eigenvalue weighted by molar-refractivity contribution is 5.60. The van der Waals surface area contributed by atoms with Crippen molar-refractivity contribution in [3.8, 4) is 17.3 Å². The van der Waals surface area contributed by atoms with Crippen molar-refractivity contribution in [2.75, 3.05) is 13.1 Å². The van der Waals surface area contributed by atoms with Gasteiger partial charge >= 0.3 is 0 Å². The standard InChI is InChI=1S/C20H28N4O2/c1-15-9-12-24(13-10-15)14-18-22-19(23-26-18)17-8-5-11-21-20(17)25-16-6-3-2-4-7-16/h5,8,11,15-16H,2-4,6-7,9-10,12-14H2,1H3. The Morgan fingerprint density at radius 2 is 1.96 bits per heavy atom. The van der Waals surface area contributed by atoms with Gasteiger partial charge in [-0.3, -0.25) is 4.90 Å². The Balaban J connectivity index is 1.45. The molecule has 140 valence electrons.